The normalized spacial score (nSPS) is 10.2. The van der Waals surface area contributed by atoms with Crippen molar-refractivity contribution in [1.82, 2.24) is 19.9 Å². The van der Waals surface area contributed by atoms with E-state index in [0.717, 1.165) is 5.82 Å². The number of imidazole rings is 1. The fourth-order valence-corrected chi connectivity index (χ4v) is 1.73. The standard InChI is InChI=1S/C12H16N6O/c1-18-7-6-15-11(18)3-5-16-12(19)9-2-4-14-8-10(9)17-13/h2,4,6-8,17H,3,5,13H2,1H3,(H,16,19). The Morgan fingerprint density at radius 2 is 2.32 bits per heavy atom. The Labute approximate surface area is 110 Å². The van der Waals surface area contributed by atoms with Crippen molar-refractivity contribution < 1.29 is 4.79 Å². The van der Waals surface area contributed by atoms with Crippen LogP contribution in [0.5, 0.6) is 0 Å². The van der Waals surface area contributed by atoms with Gasteiger partial charge >= 0.3 is 0 Å². The summed E-state index contributed by atoms with van der Waals surface area (Å²) in [5.41, 5.74) is 3.42. The third-order valence-corrected chi connectivity index (χ3v) is 2.78. The summed E-state index contributed by atoms with van der Waals surface area (Å²) in [5.74, 6) is 6.06. The number of carbonyl (C=O) groups excluding carboxylic acids is 1. The van der Waals surface area contributed by atoms with E-state index in [-0.39, 0.29) is 5.91 Å². The van der Waals surface area contributed by atoms with Gasteiger partial charge in [-0.15, -0.1) is 0 Å². The maximum atomic E-state index is 12.0. The fraction of sp³-hybridized carbons (Fsp3) is 0.250. The molecule has 0 aliphatic heterocycles. The molecule has 0 atom stereocenters. The molecule has 19 heavy (non-hydrogen) atoms. The van der Waals surface area contributed by atoms with Gasteiger partial charge in [0.25, 0.3) is 5.91 Å². The van der Waals surface area contributed by atoms with Gasteiger partial charge in [0.1, 0.15) is 5.82 Å². The number of aromatic nitrogens is 3. The Morgan fingerprint density at radius 1 is 1.47 bits per heavy atom. The monoisotopic (exact) mass is 260 g/mol. The van der Waals surface area contributed by atoms with Gasteiger partial charge in [-0.25, -0.2) is 4.98 Å². The van der Waals surface area contributed by atoms with E-state index < -0.39 is 0 Å². The first-order chi connectivity index (χ1) is 9.22. The molecule has 0 aliphatic carbocycles. The minimum absolute atomic E-state index is 0.190. The lowest BCUT2D eigenvalue weighted by Gasteiger charge is -2.08. The summed E-state index contributed by atoms with van der Waals surface area (Å²) in [6.07, 6.45) is 7.33. The van der Waals surface area contributed by atoms with Crippen molar-refractivity contribution in [1.29, 1.82) is 0 Å². The minimum Gasteiger partial charge on any atom is -0.352 e. The van der Waals surface area contributed by atoms with Gasteiger partial charge in [0.05, 0.1) is 17.4 Å². The molecule has 0 spiro atoms. The molecule has 0 radical (unpaired) electrons. The number of hydrogen-bond donors (Lipinski definition) is 3. The van der Waals surface area contributed by atoms with E-state index in [9.17, 15) is 4.79 Å². The number of nitrogens with zero attached hydrogens (tertiary/aromatic N) is 3. The zero-order valence-corrected chi connectivity index (χ0v) is 10.6. The van der Waals surface area contributed by atoms with E-state index in [1.54, 1.807) is 18.5 Å². The summed E-state index contributed by atoms with van der Waals surface area (Å²) in [7, 11) is 1.92. The zero-order valence-electron chi connectivity index (χ0n) is 10.6. The van der Waals surface area contributed by atoms with Crippen LogP contribution in [0.3, 0.4) is 0 Å². The maximum Gasteiger partial charge on any atom is 0.253 e. The molecule has 100 valence electrons. The number of hydrazine groups is 1. The van der Waals surface area contributed by atoms with Crippen LogP contribution in [0.25, 0.3) is 0 Å². The fourth-order valence-electron chi connectivity index (χ4n) is 1.73. The number of hydrogen-bond acceptors (Lipinski definition) is 5. The van der Waals surface area contributed by atoms with E-state index in [1.165, 1.54) is 6.20 Å². The van der Waals surface area contributed by atoms with Gasteiger partial charge in [-0.1, -0.05) is 0 Å². The molecule has 2 rings (SSSR count). The van der Waals surface area contributed by atoms with Crippen LogP contribution in [0.15, 0.2) is 30.9 Å². The summed E-state index contributed by atoms with van der Waals surface area (Å²) in [6.45, 7) is 0.510. The van der Waals surface area contributed by atoms with Gasteiger partial charge in [-0.3, -0.25) is 15.6 Å². The van der Waals surface area contributed by atoms with Crippen LogP contribution in [0, 0.1) is 0 Å². The molecule has 0 saturated heterocycles. The van der Waals surface area contributed by atoms with Crippen molar-refractivity contribution in [3.63, 3.8) is 0 Å². The average molecular weight is 260 g/mol. The van der Waals surface area contributed by atoms with Crippen LogP contribution >= 0.6 is 0 Å². The van der Waals surface area contributed by atoms with Crippen LogP contribution in [-0.2, 0) is 13.5 Å². The molecule has 0 fully saturated rings. The number of nitrogens with two attached hydrogens (primary N) is 1. The highest BCUT2D eigenvalue weighted by Crippen LogP contribution is 2.11. The van der Waals surface area contributed by atoms with Gasteiger partial charge in [0, 0.05) is 38.6 Å². The van der Waals surface area contributed by atoms with Crippen molar-refractivity contribution in [2.75, 3.05) is 12.0 Å². The topological polar surface area (TPSA) is 97.9 Å². The smallest absolute Gasteiger partial charge is 0.253 e. The Bertz CT molecular complexity index is 565. The van der Waals surface area contributed by atoms with Gasteiger partial charge in [0.15, 0.2) is 0 Å². The predicted octanol–water partition coefficient (Wildman–Crippen LogP) is 0.0732. The van der Waals surface area contributed by atoms with E-state index >= 15 is 0 Å². The number of carbonyl (C=O) groups is 1. The lowest BCUT2D eigenvalue weighted by Crippen LogP contribution is -2.27. The third-order valence-electron chi connectivity index (χ3n) is 2.78. The van der Waals surface area contributed by atoms with Gasteiger partial charge in [-0.2, -0.15) is 0 Å². The number of nitrogen functional groups attached to an aromatic ring is 1. The first-order valence-corrected chi connectivity index (χ1v) is 5.87. The molecular weight excluding hydrogens is 244 g/mol. The molecule has 2 heterocycles. The number of pyridine rings is 1. The summed E-state index contributed by atoms with van der Waals surface area (Å²) in [5, 5.41) is 2.82. The molecule has 7 nitrogen and oxygen atoms in total. The molecule has 0 bridgehead atoms. The highest BCUT2D eigenvalue weighted by molar-refractivity contribution is 5.99. The lowest BCUT2D eigenvalue weighted by atomic mass is 10.2. The van der Waals surface area contributed by atoms with Gasteiger partial charge in [-0.05, 0) is 6.07 Å². The number of nitrogens with one attached hydrogen (secondary N) is 2. The van der Waals surface area contributed by atoms with Gasteiger partial charge < -0.3 is 15.3 Å². The molecule has 2 aromatic heterocycles. The van der Waals surface area contributed by atoms with Crippen LogP contribution < -0.4 is 16.6 Å². The molecule has 2 aromatic rings. The quantitative estimate of drug-likeness (QED) is 0.522. The maximum absolute atomic E-state index is 12.0. The Balaban J connectivity index is 1.93. The molecule has 1 amide bonds. The SMILES string of the molecule is Cn1ccnc1CCNC(=O)c1ccncc1NN. The predicted molar refractivity (Wildman–Crippen MR) is 71.3 cm³/mol. The van der Waals surface area contributed by atoms with Crippen LogP contribution in [0.4, 0.5) is 5.69 Å². The number of anilines is 1. The Hall–Kier alpha value is -2.41. The second-order valence-corrected chi connectivity index (χ2v) is 4.03. The van der Waals surface area contributed by atoms with E-state index in [0.29, 0.717) is 24.2 Å². The summed E-state index contributed by atoms with van der Waals surface area (Å²) >= 11 is 0. The van der Waals surface area contributed by atoms with E-state index in [4.69, 9.17) is 5.84 Å². The first kappa shape index (κ1) is 13.0. The Morgan fingerprint density at radius 3 is 3.00 bits per heavy atom. The van der Waals surface area contributed by atoms with Crippen molar-refractivity contribution in [3.8, 4) is 0 Å². The average Bonchev–Trinajstić information content (AvgIpc) is 2.84. The minimum atomic E-state index is -0.190. The van der Waals surface area contributed by atoms with Crippen molar-refractivity contribution >= 4 is 11.6 Å². The van der Waals surface area contributed by atoms with Crippen LogP contribution in [0.1, 0.15) is 16.2 Å². The summed E-state index contributed by atoms with van der Waals surface area (Å²) in [6, 6.07) is 1.62. The molecule has 0 aromatic carbocycles. The zero-order chi connectivity index (χ0) is 13.7. The van der Waals surface area contributed by atoms with E-state index in [1.807, 2.05) is 17.8 Å². The molecule has 4 N–H and O–H groups in total. The van der Waals surface area contributed by atoms with Crippen LogP contribution in [-0.4, -0.2) is 27.0 Å². The molecule has 0 unspecified atom stereocenters. The number of aryl methyl sites for hydroxylation is 1. The summed E-state index contributed by atoms with van der Waals surface area (Å²) in [4.78, 5) is 20.1. The molecule has 7 heteroatoms. The Kier molecular flexibility index (Phi) is 4.09. The highest BCUT2D eigenvalue weighted by atomic mass is 16.1. The molecule has 0 aliphatic rings. The largest absolute Gasteiger partial charge is 0.352 e. The van der Waals surface area contributed by atoms with E-state index in [2.05, 4.69) is 20.7 Å². The second-order valence-electron chi connectivity index (χ2n) is 4.03. The lowest BCUT2D eigenvalue weighted by molar-refractivity contribution is 0.0954. The van der Waals surface area contributed by atoms with Crippen molar-refractivity contribution in [2.45, 2.75) is 6.42 Å². The highest BCUT2D eigenvalue weighted by Gasteiger charge is 2.10. The molecule has 0 saturated carbocycles. The third kappa shape index (κ3) is 3.08. The van der Waals surface area contributed by atoms with Crippen LogP contribution in [0.2, 0.25) is 0 Å². The second kappa shape index (κ2) is 5.96. The molecular formula is C12H16N6O. The summed E-state index contributed by atoms with van der Waals surface area (Å²) < 4.78 is 1.92. The number of amides is 1. The number of rotatable bonds is 5. The van der Waals surface area contributed by atoms with Crippen molar-refractivity contribution in [3.05, 3.63) is 42.2 Å². The first-order valence-electron chi connectivity index (χ1n) is 5.87. The van der Waals surface area contributed by atoms with Gasteiger partial charge in [0.2, 0.25) is 0 Å². The van der Waals surface area contributed by atoms with Crippen molar-refractivity contribution in [2.24, 2.45) is 12.9 Å².